The van der Waals surface area contributed by atoms with Crippen LogP contribution in [0.15, 0.2) is 292 Å². The SMILES string of the molecule is [Ir+3].[Pt+2].[c-]1ccc(Oc2[c-]c3c(cc2)ccc2cccnc23)[c-]c1-c1ncc(-c2ccccc2-c2cc(-c3ccccc3-c3ccc(-c4[c-]ccc(-c5ccccc5)c4)nc3)cc(-c3ccccc3-c3ccc(-c4[c-]ccc(-c5ccccc5)c4)nc3)c2)cn1. The van der Waals surface area contributed by atoms with Crippen molar-refractivity contribution in [1.82, 2.24) is 24.9 Å². The van der Waals surface area contributed by atoms with Crippen LogP contribution in [-0.4, -0.2) is 24.9 Å². The molecule has 0 unspecified atom stereocenters. The van der Waals surface area contributed by atoms with Gasteiger partial charge in [0.25, 0.3) is 0 Å². The standard InChI is InChI=1S/C81H48N5O.Ir.Pt/c1-3-17-54(18-4-1)58-21-13-23-60(43-58)78-40-37-63(50-83-78)71-28-7-9-30-73(71)65-45-66(74-31-10-8-29-72(74)64-38-41-79(84-51-64)61-24-14-22-59(44-61)55-19-5-2-6-20-55)47-67(46-65)75-32-11-12-33-76(75)68-52-85-81(86-53-68)62-25-15-27-69(48-62)87-70-39-36-56-34-35-57-26-16-42-82-80(57)77(56)49-70;;/h1-22,26-47,50-53H;;/q-5;+3;+2. The van der Waals surface area contributed by atoms with Gasteiger partial charge in [0.05, 0.1) is 0 Å². The van der Waals surface area contributed by atoms with E-state index in [1.165, 1.54) is 0 Å². The van der Waals surface area contributed by atoms with Gasteiger partial charge in [0.2, 0.25) is 0 Å². The van der Waals surface area contributed by atoms with E-state index in [0.29, 0.717) is 22.9 Å². The van der Waals surface area contributed by atoms with Crippen molar-refractivity contribution in [3.8, 4) is 134 Å². The summed E-state index contributed by atoms with van der Waals surface area (Å²) in [6.07, 6.45) is 9.50. The topological polar surface area (TPSA) is 73.7 Å². The average molecular weight is 1490 g/mol. The molecule has 0 atom stereocenters. The fraction of sp³-hybridized carbons (Fsp3) is 0. The van der Waals surface area contributed by atoms with Gasteiger partial charge in [-0.15, -0.1) is 93.7 Å². The third kappa shape index (κ3) is 12.1. The molecule has 4 aromatic heterocycles. The van der Waals surface area contributed by atoms with Crippen molar-refractivity contribution in [3.05, 3.63) is 322 Å². The smallest absolute Gasteiger partial charge is 0.515 e. The predicted molar refractivity (Wildman–Crippen MR) is 351 cm³/mol. The Morgan fingerprint density at radius 2 is 0.753 bits per heavy atom. The predicted octanol–water partition coefficient (Wildman–Crippen LogP) is 20.1. The number of hydrogen-bond acceptors (Lipinski definition) is 6. The molecule has 0 spiro atoms. The van der Waals surface area contributed by atoms with Crippen LogP contribution in [-0.2, 0) is 41.2 Å². The van der Waals surface area contributed by atoms with Crippen LogP contribution >= 0.6 is 0 Å². The Balaban J connectivity index is 0.00000364. The van der Waals surface area contributed by atoms with E-state index >= 15 is 0 Å². The van der Waals surface area contributed by atoms with E-state index in [9.17, 15) is 0 Å². The second-order valence-electron chi connectivity index (χ2n) is 21.2. The molecule has 0 radical (unpaired) electrons. The Morgan fingerprint density at radius 1 is 0.303 bits per heavy atom. The van der Waals surface area contributed by atoms with Crippen molar-refractivity contribution in [2.75, 3.05) is 0 Å². The Kier molecular flexibility index (Phi) is 16.8. The first-order valence-electron chi connectivity index (χ1n) is 28.7. The molecule has 89 heavy (non-hydrogen) atoms. The first-order chi connectivity index (χ1) is 43.1. The molecular weight excluding hydrogens is 1450 g/mol. The third-order valence-electron chi connectivity index (χ3n) is 15.8. The summed E-state index contributed by atoms with van der Waals surface area (Å²) in [5, 5.41) is 2.97. The minimum atomic E-state index is 0. The molecule has 0 aliphatic rings. The second kappa shape index (κ2) is 25.9. The fourth-order valence-corrected chi connectivity index (χ4v) is 11.4. The number of benzene rings is 11. The molecule has 0 saturated carbocycles. The van der Waals surface area contributed by atoms with E-state index in [2.05, 4.69) is 236 Å². The quantitative estimate of drug-likeness (QED) is 0.0846. The number of fused-ring (bicyclic) bond motifs is 3. The third-order valence-corrected chi connectivity index (χ3v) is 15.8. The van der Waals surface area contributed by atoms with E-state index in [0.717, 1.165) is 133 Å². The van der Waals surface area contributed by atoms with Crippen LogP contribution in [0.3, 0.4) is 0 Å². The van der Waals surface area contributed by atoms with Crippen molar-refractivity contribution in [1.29, 1.82) is 0 Å². The van der Waals surface area contributed by atoms with Gasteiger partial charge < -0.3 is 29.7 Å². The van der Waals surface area contributed by atoms with Crippen LogP contribution in [0, 0.1) is 30.3 Å². The van der Waals surface area contributed by atoms with Crippen molar-refractivity contribution in [3.63, 3.8) is 0 Å². The molecule has 0 amide bonds. The fourth-order valence-electron chi connectivity index (χ4n) is 11.4. The summed E-state index contributed by atoms with van der Waals surface area (Å²) in [7, 11) is 0. The Labute approximate surface area is 545 Å². The number of rotatable bonds is 13. The van der Waals surface area contributed by atoms with Gasteiger partial charge in [-0.3, -0.25) is 6.07 Å². The van der Waals surface area contributed by atoms with Gasteiger partial charge in [-0.1, -0.05) is 182 Å². The van der Waals surface area contributed by atoms with E-state index < -0.39 is 0 Å². The summed E-state index contributed by atoms with van der Waals surface area (Å²) in [6, 6.07) is 107. The summed E-state index contributed by atoms with van der Waals surface area (Å²) in [6.45, 7) is 0. The number of aromatic nitrogens is 5. The molecule has 8 heteroatoms. The van der Waals surface area contributed by atoms with E-state index in [1.54, 1.807) is 12.3 Å². The molecule has 0 fully saturated rings. The maximum Gasteiger partial charge on any atom is 3.00 e. The van der Waals surface area contributed by atoms with Crippen molar-refractivity contribution >= 4 is 21.7 Å². The molecule has 6 nitrogen and oxygen atoms in total. The zero-order chi connectivity index (χ0) is 57.9. The van der Waals surface area contributed by atoms with Crippen LogP contribution in [0.1, 0.15) is 0 Å². The molecule has 15 rings (SSSR count). The summed E-state index contributed by atoms with van der Waals surface area (Å²) < 4.78 is 6.36. The molecular formula is C81H48IrN5OPt. The Hall–Kier alpha value is -10.4. The van der Waals surface area contributed by atoms with Gasteiger partial charge in [0.1, 0.15) is 0 Å². The van der Waals surface area contributed by atoms with E-state index in [4.69, 9.17) is 24.7 Å². The van der Waals surface area contributed by atoms with Crippen molar-refractivity contribution < 1.29 is 45.9 Å². The van der Waals surface area contributed by atoms with Crippen LogP contribution in [0.4, 0.5) is 0 Å². The van der Waals surface area contributed by atoms with Gasteiger partial charge in [0, 0.05) is 42.3 Å². The first kappa shape index (κ1) is 57.7. The molecule has 0 bridgehead atoms. The van der Waals surface area contributed by atoms with Gasteiger partial charge in [-0.2, -0.15) is 6.07 Å². The number of pyridine rings is 3. The summed E-state index contributed by atoms with van der Waals surface area (Å²) in [4.78, 5) is 24.6. The number of hydrogen-bond donors (Lipinski definition) is 0. The zero-order valence-electron chi connectivity index (χ0n) is 47.5. The molecule has 4 heterocycles. The van der Waals surface area contributed by atoms with Crippen molar-refractivity contribution in [2.45, 2.75) is 0 Å². The molecule has 15 aromatic rings. The van der Waals surface area contributed by atoms with Gasteiger partial charge >= 0.3 is 41.2 Å². The molecule has 0 aliphatic carbocycles. The molecule has 0 saturated heterocycles. The zero-order valence-corrected chi connectivity index (χ0v) is 52.2. The van der Waals surface area contributed by atoms with Crippen LogP contribution in [0.2, 0.25) is 0 Å². The Bertz CT molecular complexity index is 4820. The average Bonchev–Trinajstić information content (AvgIpc) is 1.28. The molecule has 11 aromatic carbocycles. The normalized spacial score (nSPS) is 11.0. The molecule has 0 aliphatic heterocycles. The summed E-state index contributed by atoms with van der Waals surface area (Å²) >= 11 is 0. The van der Waals surface area contributed by atoms with Crippen molar-refractivity contribution in [2.24, 2.45) is 0 Å². The maximum absolute atomic E-state index is 6.36. The molecule has 422 valence electrons. The van der Waals surface area contributed by atoms with Crippen LogP contribution < -0.4 is 4.74 Å². The van der Waals surface area contributed by atoms with Gasteiger partial charge in [-0.05, 0) is 130 Å². The monoisotopic (exact) mass is 1490 g/mol. The van der Waals surface area contributed by atoms with Gasteiger partial charge in [-0.25, -0.2) is 17.7 Å². The number of ether oxygens (including phenoxy) is 1. The second-order valence-corrected chi connectivity index (χ2v) is 21.2. The first-order valence-corrected chi connectivity index (χ1v) is 28.7. The summed E-state index contributed by atoms with van der Waals surface area (Å²) in [5.41, 5.74) is 21.8. The number of nitrogens with zero attached hydrogens (tertiary/aromatic N) is 5. The van der Waals surface area contributed by atoms with E-state index in [1.807, 2.05) is 79.4 Å². The largest absolute Gasteiger partial charge is 3.00 e. The maximum atomic E-state index is 6.36. The minimum Gasteiger partial charge on any atom is -0.515 e. The van der Waals surface area contributed by atoms with E-state index in [-0.39, 0.29) is 41.2 Å². The van der Waals surface area contributed by atoms with Crippen LogP contribution in [0.25, 0.3) is 145 Å². The summed E-state index contributed by atoms with van der Waals surface area (Å²) in [5.74, 6) is 1.52. The minimum absolute atomic E-state index is 0. The van der Waals surface area contributed by atoms with Gasteiger partial charge in [0.15, 0.2) is 0 Å². The molecule has 0 N–H and O–H groups in total. The Morgan fingerprint density at radius 3 is 1.27 bits per heavy atom. The van der Waals surface area contributed by atoms with Crippen LogP contribution in [0.5, 0.6) is 11.5 Å².